The van der Waals surface area contributed by atoms with Gasteiger partial charge in [0.25, 0.3) is 0 Å². The number of rotatable bonds is 8. The molecule has 0 fully saturated rings. The lowest BCUT2D eigenvalue weighted by molar-refractivity contribution is -0.0378. The van der Waals surface area contributed by atoms with E-state index in [0.29, 0.717) is 5.92 Å². The third-order valence-electron chi connectivity index (χ3n) is 3.04. The van der Waals surface area contributed by atoms with Crippen molar-refractivity contribution in [1.82, 2.24) is 0 Å². The van der Waals surface area contributed by atoms with Crippen molar-refractivity contribution < 1.29 is 9.84 Å². The molecule has 1 N–H and O–H groups in total. The minimum atomic E-state index is -0.470. The maximum absolute atomic E-state index is 10.5. The maximum Gasteiger partial charge on any atom is 0.0673 e. The zero-order valence-corrected chi connectivity index (χ0v) is 10.2. The van der Waals surface area contributed by atoms with Gasteiger partial charge >= 0.3 is 0 Å². The molecule has 0 radical (unpaired) electrons. The van der Waals surface area contributed by atoms with Crippen LogP contribution in [0.5, 0.6) is 0 Å². The second kappa shape index (κ2) is 7.24. The maximum atomic E-state index is 10.5. The Bertz CT molecular complexity index is 128. The summed E-state index contributed by atoms with van der Waals surface area (Å²) >= 11 is 0. The van der Waals surface area contributed by atoms with Gasteiger partial charge in [-0.25, -0.2) is 0 Å². The van der Waals surface area contributed by atoms with Crippen molar-refractivity contribution in [2.24, 2.45) is 5.92 Å². The van der Waals surface area contributed by atoms with Crippen molar-refractivity contribution in [3.63, 3.8) is 0 Å². The third-order valence-corrected chi connectivity index (χ3v) is 3.04. The Labute approximate surface area is 88.7 Å². The van der Waals surface area contributed by atoms with E-state index in [2.05, 4.69) is 20.8 Å². The third kappa shape index (κ3) is 4.43. The summed E-state index contributed by atoms with van der Waals surface area (Å²) in [6.45, 7) is 7.13. The molecule has 14 heavy (non-hydrogen) atoms. The zero-order chi connectivity index (χ0) is 11.0. The van der Waals surface area contributed by atoms with E-state index in [1.807, 2.05) is 0 Å². The first-order valence-electron chi connectivity index (χ1n) is 5.82. The van der Waals surface area contributed by atoms with E-state index < -0.39 is 5.60 Å². The van der Waals surface area contributed by atoms with Crippen LogP contribution in [0.25, 0.3) is 0 Å². The quantitative estimate of drug-likeness (QED) is 0.655. The summed E-state index contributed by atoms with van der Waals surface area (Å²) in [4.78, 5) is 0. The van der Waals surface area contributed by atoms with Gasteiger partial charge in [0.15, 0.2) is 0 Å². The summed E-state index contributed by atoms with van der Waals surface area (Å²) in [6.07, 6.45) is 4.87. The SMILES string of the molecule is CCCC(O)(CCC)C(C)CCOC. The molecular weight excluding hydrogens is 176 g/mol. The van der Waals surface area contributed by atoms with Gasteiger partial charge in [0.2, 0.25) is 0 Å². The number of hydrogen-bond acceptors (Lipinski definition) is 2. The fraction of sp³-hybridized carbons (Fsp3) is 1.00. The standard InChI is InChI=1S/C12H26O2/c1-5-8-12(13,9-6-2)11(3)7-10-14-4/h11,13H,5-10H2,1-4H3. The molecule has 86 valence electrons. The fourth-order valence-electron chi connectivity index (χ4n) is 2.05. The average Bonchev–Trinajstić information content (AvgIpc) is 2.15. The lowest BCUT2D eigenvalue weighted by atomic mass is 9.80. The van der Waals surface area contributed by atoms with Crippen LogP contribution in [0.4, 0.5) is 0 Å². The van der Waals surface area contributed by atoms with Crippen LogP contribution in [-0.2, 0) is 4.74 Å². The Morgan fingerprint density at radius 1 is 1.21 bits per heavy atom. The van der Waals surface area contributed by atoms with Crippen LogP contribution in [0.3, 0.4) is 0 Å². The smallest absolute Gasteiger partial charge is 0.0673 e. The summed E-state index contributed by atoms with van der Waals surface area (Å²) in [5, 5.41) is 10.5. The summed E-state index contributed by atoms with van der Waals surface area (Å²) in [6, 6.07) is 0. The highest BCUT2D eigenvalue weighted by molar-refractivity contribution is 4.83. The summed E-state index contributed by atoms with van der Waals surface area (Å²) in [5.41, 5.74) is -0.470. The second-order valence-electron chi connectivity index (χ2n) is 4.29. The molecule has 0 amide bonds. The summed E-state index contributed by atoms with van der Waals surface area (Å²) in [5.74, 6) is 0.336. The van der Waals surface area contributed by atoms with E-state index in [1.165, 1.54) is 0 Å². The van der Waals surface area contributed by atoms with Gasteiger partial charge in [0, 0.05) is 13.7 Å². The van der Waals surface area contributed by atoms with Gasteiger partial charge in [-0.05, 0) is 25.2 Å². The minimum absolute atomic E-state index is 0.336. The van der Waals surface area contributed by atoms with Crippen molar-refractivity contribution in [2.75, 3.05) is 13.7 Å². The van der Waals surface area contributed by atoms with Gasteiger partial charge in [-0.15, -0.1) is 0 Å². The van der Waals surface area contributed by atoms with E-state index >= 15 is 0 Å². The normalized spacial score (nSPS) is 14.4. The van der Waals surface area contributed by atoms with Crippen LogP contribution in [0.2, 0.25) is 0 Å². The Balaban J connectivity index is 4.15. The van der Waals surface area contributed by atoms with E-state index in [-0.39, 0.29) is 0 Å². The Kier molecular flexibility index (Phi) is 7.20. The topological polar surface area (TPSA) is 29.5 Å². The van der Waals surface area contributed by atoms with Crippen LogP contribution in [-0.4, -0.2) is 24.4 Å². The first-order chi connectivity index (χ1) is 6.60. The fourth-order valence-corrected chi connectivity index (χ4v) is 2.05. The van der Waals surface area contributed by atoms with Crippen molar-refractivity contribution in [3.05, 3.63) is 0 Å². The van der Waals surface area contributed by atoms with Crippen LogP contribution >= 0.6 is 0 Å². The van der Waals surface area contributed by atoms with Crippen LogP contribution in [0.1, 0.15) is 52.9 Å². The number of hydrogen-bond donors (Lipinski definition) is 1. The molecule has 0 aliphatic rings. The average molecular weight is 202 g/mol. The molecule has 0 aliphatic heterocycles. The highest BCUT2D eigenvalue weighted by atomic mass is 16.5. The minimum Gasteiger partial charge on any atom is -0.390 e. The largest absolute Gasteiger partial charge is 0.390 e. The monoisotopic (exact) mass is 202 g/mol. The van der Waals surface area contributed by atoms with Gasteiger partial charge in [0.1, 0.15) is 0 Å². The molecule has 0 aliphatic carbocycles. The molecule has 1 unspecified atom stereocenters. The number of methoxy groups -OCH3 is 1. The van der Waals surface area contributed by atoms with Gasteiger partial charge in [-0.3, -0.25) is 0 Å². The Hall–Kier alpha value is -0.0800. The molecule has 2 heteroatoms. The van der Waals surface area contributed by atoms with Gasteiger partial charge in [-0.1, -0.05) is 33.6 Å². The molecule has 0 spiro atoms. The van der Waals surface area contributed by atoms with Crippen molar-refractivity contribution in [3.8, 4) is 0 Å². The summed E-state index contributed by atoms with van der Waals surface area (Å²) < 4.78 is 5.05. The number of ether oxygens (including phenoxy) is 1. The van der Waals surface area contributed by atoms with Crippen molar-refractivity contribution in [2.45, 2.75) is 58.5 Å². The first-order valence-corrected chi connectivity index (χ1v) is 5.82. The zero-order valence-electron chi connectivity index (χ0n) is 10.2. The lowest BCUT2D eigenvalue weighted by Gasteiger charge is -2.34. The van der Waals surface area contributed by atoms with Crippen LogP contribution in [0, 0.1) is 5.92 Å². The van der Waals surface area contributed by atoms with Gasteiger partial charge in [0.05, 0.1) is 5.60 Å². The predicted molar refractivity (Wildman–Crippen MR) is 60.4 cm³/mol. The van der Waals surface area contributed by atoms with Gasteiger partial charge < -0.3 is 9.84 Å². The molecule has 2 nitrogen and oxygen atoms in total. The van der Waals surface area contributed by atoms with Crippen molar-refractivity contribution in [1.29, 1.82) is 0 Å². The van der Waals surface area contributed by atoms with Crippen LogP contribution < -0.4 is 0 Å². The lowest BCUT2D eigenvalue weighted by Crippen LogP contribution is -2.36. The highest BCUT2D eigenvalue weighted by Crippen LogP contribution is 2.30. The first kappa shape index (κ1) is 13.9. The molecule has 0 aromatic heterocycles. The molecule has 1 atom stereocenters. The van der Waals surface area contributed by atoms with E-state index in [4.69, 9.17) is 4.74 Å². The molecule has 0 aromatic rings. The van der Waals surface area contributed by atoms with E-state index in [9.17, 15) is 5.11 Å². The molecule has 0 saturated carbocycles. The van der Waals surface area contributed by atoms with Gasteiger partial charge in [-0.2, -0.15) is 0 Å². The molecule has 0 bridgehead atoms. The molecule has 0 aromatic carbocycles. The summed E-state index contributed by atoms with van der Waals surface area (Å²) in [7, 11) is 1.71. The molecule has 0 heterocycles. The van der Waals surface area contributed by atoms with Crippen molar-refractivity contribution >= 4 is 0 Å². The molecular formula is C12H26O2. The second-order valence-corrected chi connectivity index (χ2v) is 4.29. The Morgan fingerprint density at radius 2 is 1.71 bits per heavy atom. The Morgan fingerprint density at radius 3 is 2.07 bits per heavy atom. The molecule has 0 rings (SSSR count). The predicted octanol–water partition coefficient (Wildman–Crippen LogP) is 2.99. The van der Waals surface area contributed by atoms with E-state index in [0.717, 1.165) is 38.7 Å². The number of aliphatic hydroxyl groups is 1. The van der Waals surface area contributed by atoms with E-state index in [1.54, 1.807) is 7.11 Å². The molecule has 0 saturated heterocycles. The highest BCUT2D eigenvalue weighted by Gasteiger charge is 2.31. The van der Waals surface area contributed by atoms with Crippen LogP contribution in [0.15, 0.2) is 0 Å².